The molecular formula is C13H7F7N4. The van der Waals surface area contributed by atoms with Crippen molar-refractivity contribution in [3.63, 3.8) is 0 Å². The van der Waals surface area contributed by atoms with E-state index in [2.05, 4.69) is 15.0 Å². The third-order valence-corrected chi connectivity index (χ3v) is 3.34. The van der Waals surface area contributed by atoms with Crippen molar-refractivity contribution in [3.8, 4) is 5.95 Å². The van der Waals surface area contributed by atoms with Crippen molar-refractivity contribution < 1.29 is 30.7 Å². The number of fused-ring (bicyclic) bond motifs is 1. The molecule has 0 atom stereocenters. The zero-order valence-corrected chi connectivity index (χ0v) is 11.5. The summed E-state index contributed by atoms with van der Waals surface area (Å²) in [6.07, 6.45) is -11.5. The molecule has 128 valence electrons. The van der Waals surface area contributed by atoms with Crippen molar-refractivity contribution in [2.45, 2.75) is 18.0 Å². The van der Waals surface area contributed by atoms with Crippen molar-refractivity contribution in [1.82, 2.24) is 19.5 Å². The number of halogens is 7. The number of H-pyrrole nitrogens is 1. The molecule has 3 aromatic rings. The molecule has 0 saturated carbocycles. The first-order valence-electron chi connectivity index (χ1n) is 6.36. The highest BCUT2D eigenvalue weighted by molar-refractivity contribution is 5.75. The van der Waals surface area contributed by atoms with E-state index in [1.54, 1.807) is 24.3 Å². The van der Waals surface area contributed by atoms with Gasteiger partial charge in [-0.3, -0.25) is 4.57 Å². The van der Waals surface area contributed by atoms with Crippen LogP contribution in [-0.2, 0) is 5.67 Å². The van der Waals surface area contributed by atoms with Crippen LogP contribution < -0.4 is 0 Å². The minimum Gasteiger partial charge on any atom is -0.323 e. The van der Waals surface area contributed by atoms with Gasteiger partial charge in [-0.2, -0.15) is 26.3 Å². The Morgan fingerprint density at radius 3 is 2.12 bits per heavy atom. The van der Waals surface area contributed by atoms with Gasteiger partial charge < -0.3 is 4.98 Å². The largest absolute Gasteiger partial charge is 0.437 e. The Morgan fingerprint density at radius 2 is 1.54 bits per heavy atom. The fourth-order valence-corrected chi connectivity index (χ4v) is 2.13. The summed E-state index contributed by atoms with van der Waals surface area (Å²) >= 11 is 0. The first-order valence-corrected chi connectivity index (χ1v) is 6.36. The average Bonchev–Trinajstić information content (AvgIpc) is 3.10. The second-order valence-electron chi connectivity index (χ2n) is 4.90. The van der Waals surface area contributed by atoms with E-state index < -0.39 is 23.7 Å². The average molecular weight is 352 g/mol. The van der Waals surface area contributed by atoms with E-state index in [1.165, 1.54) is 0 Å². The van der Waals surface area contributed by atoms with Crippen LogP contribution in [-0.4, -0.2) is 31.9 Å². The highest BCUT2D eigenvalue weighted by atomic mass is 19.4. The Balaban J connectivity index is 2.09. The molecule has 3 rings (SSSR count). The van der Waals surface area contributed by atoms with E-state index in [-0.39, 0.29) is 5.95 Å². The smallest absolute Gasteiger partial charge is 0.323 e. The van der Waals surface area contributed by atoms with E-state index in [4.69, 9.17) is 0 Å². The summed E-state index contributed by atoms with van der Waals surface area (Å²) in [5, 5.41) is 0. The number of alkyl halides is 7. The highest BCUT2D eigenvalue weighted by Gasteiger charge is 2.74. The summed E-state index contributed by atoms with van der Waals surface area (Å²) in [6.45, 7) is 0. The molecule has 4 nitrogen and oxygen atoms in total. The molecule has 0 fully saturated rings. The minimum atomic E-state index is -6.21. The van der Waals surface area contributed by atoms with E-state index in [0.717, 1.165) is 4.57 Å². The SMILES string of the molecule is FC(F)(F)C(F)(c1cn(-c2nc3ccccc3[nH]2)cn1)C(F)(F)F. The molecule has 0 bridgehead atoms. The van der Waals surface area contributed by atoms with Crippen molar-refractivity contribution in [1.29, 1.82) is 0 Å². The van der Waals surface area contributed by atoms with Gasteiger partial charge >= 0.3 is 18.0 Å². The third kappa shape index (κ3) is 2.31. The Kier molecular flexibility index (Phi) is 3.36. The second-order valence-corrected chi connectivity index (χ2v) is 4.90. The lowest BCUT2D eigenvalue weighted by molar-refractivity contribution is -0.349. The van der Waals surface area contributed by atoms with Gasteiger partial charge in [0.25, 0.3) is 0 Å². The number of hydrogen-bond donors (Lipinski definition) is 1. The maximum atomic E-state index is 13.9. The Hall–Kier alpha value is -2.59. The third-order valence-electron chi connectivity index (χ3n) is 3.34. The lowest BCUT2D eigenvalue weighted by Gasteiger charge is -2.28. The van der Waals surface area contributed by atoms with Crippen molar-refractivity contribution in [2.24, 2.45) is 0 Å². The first kappa shape index (κ1) is 16.3. The van der Waals surface area contributed by atoms with Gasteiger partial charge in [-0.05, 0) is 12.1 Å². The number of aromatic nitrogens is 4. The summed E-state index contributed by atoms with van der Waals surface area (Å²) in [5.41, 5.74) is -6.46. The number of hydrogen-bond acceptors (Lipinski definition) is 2. The molecule has 0 amide bonds. The Morgan fingerprint density at radius 1 is 0.917 bits per heavy atom. The van der Waals surface area contributed by atoms with Gasteiger partial charge in [0.1, 0.15) is 12.0 Å². The first-order chi connectivity index (χ1) is 11.0. The fourth-order valence-electron chi connectivity index (χ4n) is 2.13. The van der Waals surface area contributed by atoms with E-state index in [1.807, 2.05) is 0 Å². The summed E-state index contributed by atoms with van der Waals surface area (Å²) in [5.74, 6) is -0.0957. The predicted octanol–water partition coefficient (Wildman–Crippen LogP) is 4.04. The lowest BCUT2D eigenvalue weighted by atomic mass is 10.0. The predicted molar refractivity (Wildman–Crippen MR) is 68.1 cm³/mol. The highest BCUT2D eigenvalue weighted by Crippen LogP contribution is 2.52. The van der Waals surface area contributed by atoms with Crippen molar-refractivity contribution in [3.05, 3.63) is 42.5 Å². The van der Waals surface area contributed by atoms with Gasteiger partial charge in [0.15, 0.2) is 0 Å². The molecule has 0 radical (unpaired) electrons. The molecule has 0 unspecified atom stereocenters. The topological polar surface area (TPSA) is 46.5 Å². The number of imidazole rings is 2. The van der Waals surface area contributed by atoms with Crippen LogP contribution in [0.5, 0.6) is 0 Å². The minimum absolute atomic E-state index is 0.0957. The molecule has 2 aromatic heterocycles. The van der Waals surface area contributed by atoms with Gasteiger partial charge in [-0.25, -0.2) is 14.4 Å². The number of rotatable bonds is 2. The van der Waals surface area contributed by atoms with Crippen LogP contribution in [0.25, 0.3) is 17.0 Å². The van der Waals surface area contributed by atoms with E-state index >= 15 is 0 Å². The number of aromatic amines is 1. The van der Waals surface area contributed by atoms with Gasteiger partial charge in [0, 0.05) is 6.20 Å². The molecule has 0 aliphatic rings. The number of para-hydroxylation sites is 2. The van der Waals surface area contributed by atoms with Crippen LogP contribution in [0.1, 0.15) is 5.69 Å². The summed E-state index contributed by atoms with van der Waals surface area (Å²) in [6, 6.07) is 6.49. The molecule has 0 spiro atoms. The Labute approximate surface area is 128 Å². The van der Waals surface area contributed by atoms with Crippen LogP contribution in [0.3, 0.4) is 0 Å². The molecule has 1 aromatic carbocycles. The second kappa shape index (κ2) is 4.95. The monoisotopic (exact) mass is 352 g/mol. The van der Waals surface area contributed by atoms with Crippen LogP contribution in [0.4, 0.5) is 30.7 Å². The van der Waals surface area contributed by atoms with Gasteiger partial charge in [-0.1, -0.05) is 12.1 Å². The Bertz CT molecular complexity index is 827. The molecule has 1 N–H and O–H groups in total. The van der Waals surface area contributed by atoms with Crippen LogP contribution >= 0.6 is 0 Å². The number of nitrogens with zero attached hydrogens (tertiary/aromatic N) is 3. The summed E-state index contributed by atoms with van der Waals surface area (Å²) in [4.78, 5) is 9.62. The van der Waals surface area contributed by atoms with E-state index in [9.17, 15) is 30.7 Å². The number of nitrogens with one attached hydrogen (secondary N) is 1. The quantitative estimate of drug-likeness (QED) is 0.708. The zero-order chi connectivity index (χ0) is 17.8. The normalized spacial score (nSPS) is 13.6. The molecule has 11 heteroatoms. The molecular weight excluding hydrogens is 345 g/mol. The summed E-state index contributed by atoms with van der Waals surface area (Å²) < 4.78 is 90.9. The fraction of sp³-hybridized carbons (Fsp3) is 0.231. The van der Waals surface area contributed by atoms with Gasteiger partial charge in [0.2, 0.25) is 5.95 Å². The van der Waals surface area contributed by atoms with Crippen LogP contribution in [0.15, 0.2) is 36.8 Å². The van der Waals surface area contributed by atoms with Crippen LogP contribution in [0, 0.1) is 0 Å². The molecule has 0 saturated heterocycles. The molecule has 2 heterocycles. The standard InChI is InChI=1S/C13H7F7N4/c14-11(12(15,16)17,13(18,19)20)9-5-24(6-21-9)10-22-7-3-1-2-4-8(7)23-10/h1-6H,(H,22,23). The maximum Gasteiger partial charge on any atom is 0.437 e. The maximum absolute atomic E-state index is 13.9. The van der Waals surface area contributed by atoms with Gasteiger partial charge in [-0.15, -0.1) is 0 Å². The molecule has 0 aliphatic heterocycles. The van der Waals surface area contributed by atoms with Crippen molar-refractivity contribution >= 4 is 11.0 Å². The molecule has 0 aliphatic carbocycles. The molecule has 24 heavy (non-hydrogen) atoms. The van der Waals surface area contributed by atoms with Crippen LogP contribution in [0.2, 0.25) is 0 Å². The zero-order valence-electron chi connectivity index (χ0n) is 11.5. The number of benzene rings is 1. The summed E-state index contributed by atoms with van der Waals surface area (Å²) in [7, 11) is 0. The van der Waals surface area contributed by atoms with Crippen molar-refractivity contribution in [2.75, 3.05) is 0 Å². The lowest BCUT2D eigenvalue weighted by Crippen LogP contribution is -2.50. The van der Waals surface area contributed by atoms with E-state index in [0.29, 0.717) is 23.6 Å². The van der Waals surface area contributed by atoms with Gasteiger partial charge in [0.05, 0.1) is 11.0 Å².